The Balaban J connectivity index is 1.43. The quantitative estimate of drug-likeness (QED) is 0.366. The average molecular weight is 523 g/mol. The lowest BCUT2D eigenvalue weighted by atomic mass is 9.80. The van der Waals surface area contributed by atoms with Gasteiger partial charge in [0, 0.05) is 48.4 Å². The molecule has 1 aliphatic heterocycles. The second-order valence-electron chi connectivity index (χ2n) is 9.75. The van der Waals surface area contributed by atoms with Gasteiger partial charge in [-0.1, -0.05) is 18.2 Å². The minimum Gasteiger partial charge on any atom is -0.481 e. The smallest absolute Gasteiger partial charge is 0.387 e. The monoisotopic (exact) mass is 522 g/mol. The number of halogens is 2. The summed E-state index contributed by atoms with van der Waals surface area (Å²) in [4.78, 5) is 27.2. The maximum absolute atomic E-state index is 13.0. The molecule has 0 spiro atoms. The standard InChI is InChI=1S/C27H28F2N6O3/c1-16-23(22(30)19-5-3-4-6-20(19)38-25(28)29)35-15-17(7-8-21(35)33-16)18-13-31-26(32-14-18)34-11-9-27(2,10-12-34)24(36)37/h3-8,13-15,22,25H,9-12,30H2,1-2H3,(H,36,37). The maximum atomic E-state index is 13.0. The average Bonchev–Trinajstić information content (AvgIpc) is 3.23. The lowest BCUT2D eigenvalue weighted by molar-refractivity contribution is -0.149. The van der Waals surface area contributed by atoms with Crippen molar-refractivity contribution in [1.29, 1.82) is 0 Å². The molecule has 9 nitrogen and oxygen atoms in total. The largest absolute Gasteiger partial charge is 0.481 e. The number of pyridine rings is 1. The second-order valence-corrected chi connectivity index (χ2v) is 9.75. The number of benzene rings is 1. The summed E-state index contributed by atoms with van der Waals surface area (Å²) >= 11 is 0. The third-order valence-electron chi connectivity index (χ3n) is 7.24. The molecular weight excluding hydrogens is 494 g/mol. The van der Waals surface area contributed by atoms with Gasteiger partial charge in [-0.3, -0.25) is 4.79 Å². The van der Waals surface area contributed by atoms with Crippen LogP contribution >= 0.6 is 0 Å². The summed E-state index contributed by atoms with van der Waals surface area (Å²) in [5.41, 5.74) is 9.87. The van der Waals surface area contributed by atoms with Crippen molar-refractivity contribution in [3.63, 3.8) is 0 Å². The van der Waals surface area contributed by atoms with Crippen LogP contribution in [0.2, 0.25) is 0 Å². The number of piperidine rings is 1. The molecule has 3 aromatic heterocycles. The summed E-state index contributed by atoms with van der Waals surface area (Å²) in [7, 11) is 0. The molecule has 0 saturated carbocycles. The van der Waals surface area contributed by atoms with Gasteiger partial charge in [0.2, 0.25) is 5.95 Å². The fourth-order valence-electron chi connectivity index (χ4n) is 4.86. The number of aliphatic carboxylic acids is 1. The van der Waals surface area contributed by atoms with Crippen molar-refractivity contribution in [3.05, 3.63) is 71.9 Å². The molecule has 5 rings (SSSR count). The van der Waals surface area contributed by atoms with E-state index in [0.717, 1.165) is 11.1 Å². The van der Waals surface area contributed by atoms with E-state index in [2.05, 4.69) is 15.0 Å². The number of aromatic nitrogens is 4. The van der Waals surface area contributed by atoms with Gasteiger partial charge >= 0.3 is 12.6 Å². The van der Waals surface area contributed by atoms with Crippen LogP contribution in [-0.2, 0) is 4.79 Å². The van der Waals surface area contributed by atoms with E-state index in [0.29, 0.717) is 54.5 Å². The number of carboxylic acids is 1. The van der Waals surface area contributed by atoms with Crippen molar-refractivity contribution in [1.82, 2.24) is 19.4 Å². The van der Waals surface area contributed by atoms with Crippen LogP contribution < -0.4 is 15.4 Å². The van der Waals surface area contributed by atoms with Crippen LogP contribution in [0.25, 0.3) is 16.8 Å². The highest BCUT2D eigenvalue weighted by Crippen LogP contribution is 2.34. The van der Waals surface area contributed by atoms with Gasteiger partial charge in [0.05, 0.1) is 22.8 Å². The zero-order valence-corrected chi connectivity index (χ0v) is 21.0. The van der Waals surface area contributed by atoms with Crippen LogP contribution in [0.15, 0.2) is 55.0 Å². The molecule has 38 heavy (non-hydrogen) atoms. The molecule has 0 aliphatic carbocycles. The predicted molar refractivity (Wildman–Crippen MR) is 137 cm³/mol. The number of rotatable bonds is 7. The SMILES string of the molecule is Cc1nc2ccc(-c3cnc(N4CCC(C)(C(=O)O)CC4)nc3)cn2c1C(N)c1ccccc1OC(F)F. The molecule has 4 aromatic rings. The van der Waals surface area contributed by atoms with E-state index in [4.69, 9.17) is 10.5 Å². The molecule has 1 fully saturated rings. The molecule has 0 bridgehead atoms. The third kappa shape index (κ3) is 4.76. The highest BCUT2D eigenvalue weighted by molar-refractivity contribution is 5.74. The van der Waals surface area contributed by atoms with Crippen molar-refractivity contribution >= 4 is 17.6 Å². The first-order valence-corrected chi connectivity index (χ1v) is 12.2. The number of anilines is 1. The number of hydrogen-bond acceptors (Lipinski definition) is 7. The molecule has 11 heteroatoms. The Morgan fingerprint density at radius 1 is 1.11 bits per heavy atom. The highest BCUT2D eigenvalue weighted by atomic mass is 19.3. The van der Waals surface area contributed by atoms with E-state index >= 15 is 0 Å². The van der Waals surface area contributed by atoms with E-state index in [1.165, 1.54) is 6.07 Å². The number of ether oxygens (including phenoxy) is 1. The van der Waals surface area contributed by atoms with Gasteiger partial charge in [-0.25, -0.2) is 15.0 Å². The molecule has 3 N–H and O–H groups in total. The van der Waals surface area contributed by atoms with Crippen molar-refractivity contribution in [2.45, 2.75) is 39.3 Å². The van der Waals surface area contributed by atoms with E-state index in [1.807, 2.05) is 34.6 Å². The minimum absolute atomic E-state index is 0.0193. The molecule has 198 valence electrons. The van der Waals surface area contributed by atoms with Gasteiger partial charge in [-0.05, 0) is 44.9 Å². The normalized spacial score (nSPS) is 16.1. The van der Waals surface area contributed by atoms with Crippen molar-refractivity contribution in [3.8, 4) is 16.9 Å². The fraction of sp³-hybridized carbons (Fsp3) is 0.333. The van der Waals surface area contributed by atoms with Crippen molar-refractivity contribution in [2.75, 3.05) is 18.0 Å². The number of alkyl halides is 2. The number of aryl methyl sites for hydroxylation is 1. The van der Waals surface area contributed by atoms with Gasteiger partial charge in [0.1, 0.15) is 11.4 Å². The molecular formula is C27H28F2N6O3. The Hall–Kier alpha value is -4.12. The first-order chi connectivity index (χ1) is 18.2. The number of para-hydroxylation sites is 1. The number of hydrogen-bond donors (Lipinski definition) is 2. The van der Waals surface area contributed by atoms with Crippen molar-refractivity contribution in [2.24, 2.45) is 11.1 Å². The van der Waals surface area contributed by atoms with Crippen LogP contribution in [0.1, 0.15) is 42.8 Å². The van der Waals surface area contributed by atoms with Gasteiger partial charge in [-0.15, -0.1) is 0 Å². The molecule has 0 radical (unpaired) electrons. The van der Waals surface area contributed by atoms with Gasteiger partial charge in [0.25, 0.3) is 0 Å². The Morgan fingerprint density at radius 2 is 1.79 bits per heavy atom. The summed E-state index contributed by atoms with van der Waals surface area (Å²) < 4.78 is 32.5. The molecule has 4 heterocycles. The molecule has 1 saturated heterocycles. The number of carboxylic acid groups (broad SMARTS) is 1. The second kappa shape index (κ2) is 9.97. The predicted octanol–water partition coefficient (Wildman–Crippen LogP) is 4.44. The van der Waals surface area contributed by atoms with Crippen LogP contribution in [0.3, 0.4) is 0 Å². The van der Waals surface area contributed by atoms with Crippen LogP contribution in [0, 0.1) is 12.3 Å². The Kier molecular flexibility index (Phi) is 6.70. The van der Waals surface area contributed by atoms with E-state index in [-0.39, 0.29) is 5.75 Å². The lowest BCUT2D eigenvalue weighted by Crippen LogP contribution is -2.43. The molecule has 1 unspecified atom stereocenters. The van der Waals surface area contributed by atoms with Gasteiger partial charge in [0.15, 0.2) is 0 Å². The summed E-state index contributed by atoms with van der Waals surface area (Å²) in [6.45, 7) is 1.77. The zero-order chi connectivity index (χ0) is 27.0. The molecule has 1 atom stereocenters. The number of fused-ring (bicyclic) bond motifs is 1. The molecule has 0 amide bonds. The third-order valence-corrected chi connectivity index (χ3v) is 7.24. The Labute approximate surface area is 217 Å². The highest BCUT2D eigenvalue weighted by Gasteiger charge is 2.37. The van der Waals surface area contributed by atoms with E-state index < -0.39 is 24.0 Å². The number of nitrogens with zero attached hydrogens (tertiary/aromatic N) is 5. The van der Waals surface area contributed by atoms with E-state index in [1.54, 1.807) is 37.5 Å². The van der Waals surface area contributed by atoms with Gasteiger partial charge in [-0.2, -0.15) is 8.78 Å². The van der Waals surface area contributed by atoms with Crippen LogP contribution in [0.4, 0.5) is 14.7 Å². The maximum Gasteiger partial charge on any atom is 0.387 e. The van der Waals surface area contributed by atoms with Crippen LogP contribution in [0.5, 0.6) is 5.75 Å². The lowest BCUT2D eigenvalue weighted by Gasteiger charge is -2.36. The Morgan fingerprint density at radius 3 is 2.45 bits per heavy atom. The number of carbonyl (C=O) groups is 1. The Bertz CT molecular complexity index is 1470. The minimum atomic E-state index is -2.96. The summed E-state index contributed by atoms with van der Waals surface area (Å²) in [6.07, 6.45) is 6.38. The molecule has 1 aromatic carbocycles. The number of nitrogens with two attached hydrogens (primary N) is 1. The van der Waals surface area contributed by atoms with Crippen LogP contribution in [-0.4, -0.2) is 50.1 Å². The number of imidazole rings is 1. The topological polar surface area (TPSA) is 119 Å². The van der Waals surface area contributed by atoms with Crippen molar-refractivity contribution < 1.29 is 23.4 Å². The van der Waals surface area contributed by atoms with Gasteiger partial charge < -0.3 is 24.9 Å². The first kappa shape index (κ1) is 25.5. The first-order valence-electron chi connectivity index (χ1n) is 12.2. The molecule has 1 aliphatic rings. The van der Waals surface area contributed by atoms with E-state index in [9.17, 15) is 18.7 Å². The summed E-state index contributed by atoms with van der Waals surface area (Å²) in [5, 5.41) is 9.46. The fourth-order valence-corrected chi connectivity index (χ4v) is 4.86. The summed E-state index contributed by atoms with van der Waals surface area (Å²) in [6, 6.07) is 9.47. The zero-order valence-electron chi connectivity index (χ0n) is 21.0. The summed E-state index contributed by atoms with van der Waals surface area (Å²) in [5.74, 6) is -0.201.